The molecule has 29 heavy (non-hydrogen) atoms. The topological polar surface area (TPSA) is 89.3 Å². The van der Waals surface area contributed by atoms with Crippen LogP contribution < -0.4 is 5.32 Å². The highest BCUT2D eigenvalue weighted by Gasteiger charge is 2.20. The third-order valence-electron chi connectivity index (χ3n) is 4.49. The Morgan fingerprint density at radius 2 is 1.79 bits per heavy atom. The summed E-state index contributed by atoms with van der Waals surface area (Å²) >= 11 is 6.05. The normalized spacial score (nSPS) is 11.4. The van der Waals surface area contributed by atoms with Crippen molar-refractivity contribution >= 4 is 33.0 Å². The van der Waals surface area contributed by atoms with Crippen molar-refractivity contribution < 1.29 is 17.7 Å². The molecule has 0 aliphatic carbocycles. The van der Waals surface area contributed by atoms with Crippen molar-refractivity contribution in [1.82, 2.24) is 5.16 Å². The van der Waals surface area contributed by atoms with Crippen LogP contribution in [-0.4, -0.2) is 25.2 Å². The Bertz CT molecular complexity index is 1170. The SMILES string of the molecule is Cc1cc(-c2ccc(C)c(S(=O)(=O)CCC(=O)Nc3ccc(C)c(Cl)c3)c2)on1. The van der Waals surface area contributed by atoms with Gasteiger partial charge in [-0.25, -0.2) is 8.42 Å². The zero-order valence-electron chi connectivity index (χ0n) is 16.3. The fourth-order valence-corrected chi connectivity index (χ4v) is 4.54. The highest BCUT2D eigenvalue weighted by atomic mass is 35.5. The molecule has 2 aromatic carbocycles. The summed E-state index contributed by atoms with van der Waals surface area (Å²) < 4.78 is 30.9. The Morgan fingerprint density at radius 1 is 1.07 bits per heavy atom. The number of hydrogen-bond acceptors (Lipinski definition) is 5. The Labute approximate surface area is 174 Å². The molecule has 0 aliphatic rings. The monoisotopic (exact) mass is 432 g/mol. The average molecular weight is 433 g/mol. The summed E-state index contributed by atoms with van der Waals surface area (Å²) in [5.74, 6) is -0.209. The first kappa shape index (κ1) is 21.1. The Kier molecular flexibility index (Phi) is 6.10. The maximum absolute atomic E-state index is 12.9. The number of rotatable bonds is 6. The van der Waals surface area contributed by atoms with Crippen LogP contribution in [0.3, 0.4) is 0 Å². The molecular weight excluding hydrogens is 412 g/mol. The second-order valence-electron chi connectivity index (χ2n) is 6.89. The van der Waals surface area contributed by atoms with Gasteiger partial charge in [-0.1, -0.05) is 35.0 Å². The van der Waals surface area contributed by atoms with Crippen LogP contribution in [0.4, 0.5) is 5.69 Å². The Hall–Kier alpha value is -2.64. The number of carbonyl (C=O) groups excluding carboxylic acids is 1. The van der Waals surface area contributed by atoms with Crippen LogP contribution in [0.15, 0.2) is 51.9 Å². The lowest BCUT2D eigenvalue weighted by Gasteiger charge is -2.10. The molecule has 0 aliphatic heterocycles. The smallest absolute Gasteiger partial charge is 0.225 e. The molecule has 0 atom stereocenters. The molecule has 0 saturated heterocycles. The minimum atomic E-state index is -3.67. The quantitative estimate of drug-likeness (QED) is 0.608. The summed E-state index contributed by atoms with van der Waals surface area (Å²) in [6.07, 6.45) is -0.168. The lowest BCUT2D eigenvalue weighted by molar-refractivity contribution is -0.115. The van der Waals surface area contributed by atoms with Gasteiger partial charge in [-0.15, -0.1) is 0 Å². The molecule has 3 rings (SSSR count). The summed E-state index contributed by atoms with van der Waals surface area (Å²) in [6, 6.07) is 11.9. The minimum Gasteiger partial charge on any atom is -0.356 e. The molecule has 1 N–H and O–H groups in total. The van der Waals surface area contributed by atoms with Crippen molar-refractivity contribution in [3.05, 3.63) is 64.3 Å². The minimum absolute atomic E-state index is 0.168. The highest BCUT2D eigenvalue weighted by Crippen LogP contribution is 2.27. The number of anilines is 1. The van der Waals surface area contributed by atoms with E-state index in [0.717, 1.165) is 5.56 Å². The summed E-state index contributed by atoms with van der Waals surface area (Å²) in [5, 5.41) is 7.04. The summed E-state index contributed by atoms with van der Waals surface area (Å²) in [5.41, 5.74) is 3.36. The van der Waals surface area contributed by atoms with E-state index in [1.165, 1.54) is 0 Å². The van der Waals surface area contributed by atoms with Crippen molar-refractivity contribution in [2.24, 2.45) is 0 Å². The number of hydrogen-bond donors (Lipinski definition) is 1. The first-order valence-corrected chi connectivity index (χ1v) is 11.0. The molecular formula is C21H21ClN2O4S. The van der Waals surface area contributed by atoms with Crippen LogP contribution in [0, 0.1) is 20.8 Å². The molecule has 0 spiro atoms. The van der Waals surface area contributed by atoms with E-state index >= 15 is 0 Å². The highest BCUT2D eigenvalue weighted by molar-refractivity contribution is 7.91. The number of benzene rings is 2. The second-order valence-corrected chi connectivity index (χ2v) is 9.38. The molecule has 0 bridgehead atoms. The molecule has 152 valence electrons. The van der Waals surface area contributed by atoms with Gasteiger partial charge in [0.15, 0.2) is 15.6 Å². The molecule has 0 radical (unpaired) electrons. The molecule has 0 saturated carbocycles. The average Bonchev–Trinajstić information content (AvgIpc) is 3.10. The third kappa shape index (κ3) is 5.05. The molecule has 6 nitrogen and oxygen atoms in total. The fourth-order valence-electron chi connectivity index (χ4n) is 2.82. The van der Waals surface area contributed by atoms with Gasteiger partial charge in [0.1, 0.15) is 0 Å². The van der Waals surface area contributed by atoms with E-state index in [1.54, 1.807) is 56.3 Å². The number of carbonyl (C=O) groups is 1. The van der Waals surface area contributed by atoms with Gasteiger partial charge >= 0.3 is 0 Å². The maximum atomic E-state index is 12.9. The van der Waals surface area contributed by atoms with E-state index in [-0.39, 0.29) is 17.1 Å². The van der Waals surface area contributed by atoms with Gasteiger partial charge in [-0.05, 0) is 50.1 Å². The number of nitrogens with zero attached hydrogens (tertiary/aromatic N) is 1. The largest absolute Gasteiger partial charge is 0.356 e. The number of amides is 1. The lowest BCUT2D eigenvalue weighted by atomic mass is 10.1. The molecule has 1 heterocycles. The van der Waals surface area contributed by atoms with Crippen molar-refractivity contribution in [1.29, 1.82) is 0 Å². The summed E-state index contributed by atoms with van der Waals surface area (Å²) in [6.45, 7) is 5.37. The number of aromatic nitrogens is 1. The van der Waals surface area contributed by atoms with Crippen LogP contribution >= 0.6 is 11.6 Å². The zero-order chi connectivity index (χ0) is 21.2. The van der Waals surface area contributed by atoms with Gasteiger partial charge in [-0.3, -0.25) is 4.79 Å². The van der Waals surface area contributed by atoms with Crippen LogP contribution in [0.1, 0.15) is 23.2 Å². The van der Waals surface area contributed by atoms with E-state index in [4.69, 9.17) is 16.1 Å². The lowest BCUT2D eigenvalue weighted by Crippen LogP contribution is -2.18. The van der Waals surface area contributed by atoms with Gasteiger partial charge < -0.3 is 9.84 Å². The van der Waals surface area contributed by atoms with Crippen LogP contribution in [-0.2, 0) is 14.6 Å². The number of nitrogens with one attached hydrogen (secondary N) is 1. The third-order valence-corrected chi connectivity index (χ3v) is 6.75. The molecule has 1 amide bonds. The number of sulfone groups is 1. The molecule has 1 aromatic heterocycles. The predicted molar refractivity (Wildman–Crippen MR) is 113 cm³/mol. The standard InChI is InChI=1S/C21H21ClN2O4S/c1-13-5-7-17(12-18(13)22)23-21(25)8-9-29(26,27)20-11-16(6-4-14(20)2)19-10-15(3)24-28-19/h4-7,10-12H,8-9H2,1-3H3,(H,23,25). The van der Waals surface area contributed by atoms with Crippen molar-refractivity contribution in [2.45, 2.75) is 32.1 Å². The molecule has 0 fully saturated rings. The van der Waals surface area contributed by atoms with Gasteiger partial charge in [0, 0.05) is 28.8 Å². The van der Waals surface area contributed by atoms with Gasteiger partial charge in [0.05, 0.1) is 16.3 Å². The maximum Gasteiger partial charge on any atom is 0.225 e. The predicted octanol–water partition coefficient (Wildman–Crippen LogP) is 4.72. The molecule has 0 unspecified atom stereocenters. The summed E-state index contributed by atoms with van der Waals surface area (Å²) in [4.78, 5) is 12.4. The van der Waals surface area contributed by atoms with E-state index in [0.29, 0.717) is 33.3 Å². The van der Waals surface area contributed by atoms with E-state index in [1.807, 2.05) is 6.92 Å². The molecule has 8 heteroatoms. The van der Waals surface area contributed by atoms with Crippen molar-refractivity contribution in [3.63, 3.8) is 0 Å². The van der Waals surface area contributed by atoms with Crippen LogP contribution in [0.5, 0.6) is 0 Å². The Morgan fingerprint density at radius 3 is 2.45 bits per heavy atom. The van der Waals surface area contributed by atoms with Crippen molar-refractivity contribution in [3.8, 4) is 11.3 Å². The summed E-state index contributed by atoms with van der Waals surface area (Å²) in [7, 11) is -3.67. The van der Waals surface area contributed by atoms with Crippen LogP contribution in [0.25, 0.3) is 11.3 Å². The first-order valence-electron chi connectivity index (χ1n) is 8.99. The van der Waals surface area contributed by atoms with Crippen molar-refractivity contribution in [2.75, 3.05) is 11.1 Å². The van der Waals surface area contributed by atoms with E-state index in [9.17, 15) is 13.2 Å². The van der Waals surface area contributed by atoms with E-state index in [2.05, 4.69) is 10.5 Å². The van der Waals surface area contributed by atoms with Gasteiger partial charge in [0.25, 0.3) is 0 Å². The van der Waals surface area contributed by atoms with E-state index < -0.39 is 15.7 Å². The second kappa shape index (κ2) is 8.39. The number of aryl methyl sites for hydroxylation is 3. The first-order chi connectivity index (χ1) is 13.7. The molecule has 3 aromatic rings. The zero-order valence-corrected chi connectivity index (χ0v) is 17.9. The van der Waals surface area contributed by atoms with Gasteiger partial charge in [0.2, 0.25) is 5.91 Å². The van der Waals surface area contributed by atoms with Gasteiger partial charge in [-0.2, -0.15) is 0 Å². The van der Waals surface area contributed by atoms with Crippen LogP contribution in [0.2, 0.25) is 5.02 Å². The fraction of sp³-hybridized carbons (Fsp3) is 0.238. The Balaban J connectivity index is 1.73. The number of halogens is 1.